The zero-order valence-electron chi connectivity index (χ0n) is 10.8. The molecule has 2 heteroatoms. The first kappa shape index (κ1) is 13.9. The van der Waals surface area contributed by atoms with Crippen molar-refractivity contribution in [1.29, 1.82) is 0 Å². The Morgan fingerprint density at radius 2 is 1.60 bits per heavy atom. The second kappa shape index (κ2) is 8.92. The molecule has 1 aliphatic rings. The second-order valence-electron chi connectivity index (χ2n) is 5.03. The van der Waals surface area contributed by atoms with Gasteiger partial charge in [0.05, 0.1) is 0 Å². The molecule has 1 nitrogen and oxygen atoms in total. The summed E-state index contributed by atoms with van der Waals surface area (Å²) in [4.78, 5) is 2.57. The van der Waals surface area contributed by atoms with Crippen LogP contribution in [0.15, 0.2) is 0 Å². The molecule has 0 unspecified atom stereocenters. The van der Waals surface area contributed by atoms with Gasteiger partial charge in [0, 0.05) is 0 Å². The van der Waals surface area contributed by atoms with E-state index in [1.807, 2.05) is 0 Å². The average Bonchev–Trinajstić information content (AvgIpc) is 2.31. The van der Waals surface area contributed by atoms with E-state index in [1.54, 1.807) is 38.2 Å². The molecule has 0 saturated carbocycles. The van der Waals surface area contributed by atoms with Crippen LogP contribution in [0.25, 0.3) is 0 Å². The van der Waals surface area contributed by atoms with Crippen LogP contribution in [0.4, 0.5) is 0 Å². The van der Waals surface area contributed by atoms with Crippen LogP contribution in [0.2, 0.25) is 12.5 Å². The number of unbranched alkanes of at least 4 members (excludes halogenated alkanes) is 1. The molecule has 0 aliphatic carbocycles. The summed E-state index contributed by atoms with van der Waals surface area (Å²) in [6.07, 6.45) is 7.76. The summed E-state index contributed by atoms with van der Waals surface area (Å²) in [6, 6.07) is 0. The summed E-state index contributed by atoms with van der Waals surface area (Å²) in [7, 11) is 0. The summed E-state index contributed by atoms with van der Waals surface area (Å²) < 4.78 is 5.17. The number of hydrogen-bond acceptors (Lipinski definition) is 1. The maximum absolute atomic E-state index is 2.57. The van der Waals surface area contributed by atoms with E-state index in [4.69, 9.17) is 0 Å². The predicted molar refractivity (Wildman–Crippen MR) is 71.0 cm³/mol. The van der Waals surface area contributed by atoms with Gasteiger partial charge >= 0.3 is 104 Å². The Kier molecular flexibility index (Phi) is 8.26. The molecule has 1 rings (SSSR count). The van der Waals surface area contributed by atoms with Crippen molar-refractivity contribution in [1.82, 2.24) is 4.90 Å². The Morgan fingerprint density at radius 3 is 2.20 bits per heavy atom. The first-order chi connectivity index (χ1) is 7.36. The second-order valence-corrected chi connectivity index (χ2v) is 14.9. The van der Waals surface area contributed by atoms with Gasteiger partial charge in [-0.1, -0.05) is 0 Å². The van der Waals surface area contributed by atoms with Gasteiger partial charge in [0.1, 0.15) is 0 Å². The molecule has 0 atom stereocenters. The summed E-state index contributed by atoms with van der Waals surface area (Å²) in [5, 5.41) is 0. The van der Waals surface area contributed by atoms with Crippen LogP contribution in [-0.4, -0.2) is 46.0 Å². The molecule has 0 aromatic rings. The number of hydrogen-bond donors (Lipinski definition) is 0. The normalized spacial score (nSPS) is 17.4. The third-order valence-electron chi connectivity index (χ3n) is 3.96. The molecule has 15 heavy (non-hydrogen) atoms. The Balaban J connectivity index is 1.95. The Hall–Kier alpha value is 0.830. The van der Waals surface area contributed by atoms with Crippen LogP contribution in [0.3, 0.4) is 0 Å². The number of nitrogens with zero attached hydrogens (tertiary/aromatic N) is 1. The van der Waals surface area contributed by atoms with Gasteiger partial charge in [-0.3, -0.25) is 0 Å². The molecule has 0 spiro atoms. The van der Waals surface area contributed by atoms with Crippen molar-refractivity contribution in [3.05, 3.63) is 0 Å². The molecular weight excluding hydrogens is 285 g/mol. The molecule has 88 valence electrons. The molecular formula is C13H28InN. The van der Waals surface area contributed by atoms with Gasteiger partial charge in [-0.2, -0.15) is 0 Å². The summed E-state index contributed by atoms with van der Waals surface area (Å²) in [6.45, 7) is 8.39. The van der Waals surface area contributed by atoms with Crippen LogP contribution in [-0.2, 0) is 0 Å². The molecule has 1 aliphatic heterocycles. The van der Waals surface area contributed by atoms with Crippen molar-refractivity contribution in [3.63, 3.8) is 0 Å². The average molecular weight is 313 g/mol. The van der Waals surface area contributed by atoms with Crippen molar-refractivity contribution in [2.75, 3.05) is 19.6 Å². The Bertz CT molecular complexity index is 139. The van der Waals surface area contributed by atoms with Gasteiger partial charge in [0.25, 0.3) is 0 Å². The standard InChI is InChI=1S/C8H18N.C5H10.In/c1-4-7-8-9(5-2)6-3;1-3-5-4-2;/h1,4-8H2,2-3H3;1-5H2;. The molecule has 1 saturated heterocycles. The van der Waals surface area contributed by atoms with Crippen molar-refractivity contribution in [2.45, 2.75) is 58.5 Å². The van der Waals surface area contributed by atoms with Crippen molar-refractivity contribution in [3.8, 4) is 0 Å². The van der Waals surface area contributed by atoms with Crippen molar-refractivity contribution < 1.29 is 0 Å². The zero-order chi connectivity index (χ0) is 10.9. The zero-order valence-corrected chi connectivity index (χ0v) is 14.1. The fourth-order valence-electron chi connectivity index (χ4n) is 2.78. The fourth-order valence-corrected chi connectivity index (χ4v) is 12.7. The van der Waals surface area contributed by atoms with Gasteiger partial charge in [-0.25, -0.2) is 0 Å². The van der Waals surface area contributed by atoms with E-state index in [9.17, 15) is 0 Å². The van der Waals surface area contributed by atoms with E-state index in [2.05, 4.69) is 18.7 Å². The van der Waals surface area contributed by atoms with E-state index in [0.29, 0.717) is 0 Å². The monoisotopic (exact) mass is 313 g/mol. The van der Waals surface area contributed by atoms with Crippen molar-refractivity contribution in [2.24, 2.45) is 0 Å². The molecule has 0 N–H and O–H groups in total. The quantitative estimate of drug-likeness (QED) is 0.647. The topological polar surface area (TPSA) is 3.24 Å². The van der Waals surface area contributed by atoms with Crippen LogP contribution >= 0.6 is 0 Å². The molecule has 0 aromatic heterocycles. The van der Waals surface area contributed by atoms with Crippen LogP contribution < -0.4 is 0 Å². The maximum atomic E-state index is 2.57. The Morgan fingerprint density at radius 1 is 0.933 bits per heavy atom. The molecule has 1 fully saturated rings. The molecule has 0 bridgehead atoms. The van der Waals surface area contributed by atoms with E-state index < -0.39 is 21.4 Å². The van der Waals surface area contributed by atoms with Gasteiger partial charge in [-0.15, -0.1) is 0 Å². The first-order valence-electron chi connectivity index (χ1n) is 7.09. The van der Waals surface area contributed by atoms with Crippen LogP contribution in [0, 0.1) is 0 Å². The molecule has 0 amide bonds. The molecule has 0 aromatic carbocycles. The first-order valence-corrected chi connectivity index (χ1v) is 14.1. The predicted octanol–water partition coefficient (Wildman–Crippen LogP) is 3.79. The Labute approximate surface area is 104 Å². The van der Waals surface area contributed by atoms with Crippen molar-refractivity contribution >= 4 is 21.4 Å². The van der Waals surface area contributed by atoms with Crippen LogP contribution in [0.1, 0.15) is 46.0 Å². The van der Waals surface area contributed by atoms with Gasteiger partial charge < -0.3 is 0 Å². The van der Waals surface area contributed by atoms with E-state index in [-0.39, 0.29) is 0 Å². The van der Waals surface area contributed by atoms with Gasteiger partial charge in [0.2, 0.25) is 0 Å². The van der Waals surface area contributed by atoms with E-state index in [1.165, 1.54) is 26.1 Å². The summed E-state index contributed by atoms with van der Waals surface area (Å²) in [5.74, 6) is 0. The molecule has 1 heterocycles. The third-order valence-corrected chi connectivity index (χ3v) is 14.4. The SMILES string of the molecule is CCN(CC)CCC[CH2][In]1[CH2]CCC[CH2]1. The summed E-state index contributed by atoms with van der Waals surface area (Å²) in [5.41, 5.74) is 0. The van der Waals surface area contributed by atoms with E-state index in [0.717, 1.165) is 0 Å². The number of rotatable bonds is 7. The van der Waals surface area contributed by atoms with Gasteiger partial charge in [-0.05, 0) is 0 Å². The third kappa shape index (κ3) is 6.21. The van der Waals surface area contributed by atoms with E-state index >= 15 is 0 Å². The fraction of sp³-hybridized carbons (Fsp3) is 1.00. The minimum absolute atomic E-state index is 0.893. The van der Waals surface area contributed by atoms with Crippen LogP contribution in [0.5, 0.6) is 0 Å². The molecule has 0 radical (unpaired) electrons. The summed E-state index contributed by atoms with van der Waals surface area (Å²) >= 11 is -0.893. The minimum atomic E-state index is -0.893. The van der Waals surface area contributed by atoms with Gasteiger partial charge in [0.15, 0.2) is 0 Å².